The van der Waals surface area contributed by atoms with Crippen molar-refractivity contribution in [3.63, 3.8) is 0 Å². The zero-order valence-corrected chi connectivity index (χ0v) is 13.4. The van der Waals surface area contributed by atoms with E-state index in [9.17, 15) is 4.79 Å². The van der Waals surface area contributed by atoms with Crippen molar-refractivity contribution >= 4 is 28.7 Å². The fraction of sp³-hybridized carbons (Fsp3) is 0.222. The standard InChI is InChI=1S/C18H17N3OS/c22-17(19-13-10-11-13)12-23-18-20-15-8-4-5-9-16(15)21(18)14-6-2-1-3-7-14/h1-9,13H,10-12H2,(H,19,22). The van der Waals surface area contributed by atoms with Gasteiger partial charge in [0.05, 0.1) is 16.8 Å². The Morgan fingerprint density at radius 1 is 1.13 bits per heavy atom. The van der Waals surface area contributed by atoms with Crippen LogP contribution >= 0.6 is 11.8 Å². The predicted octanol–water partition coefficient (Wildman–Crippen LogP) is 3.40. The van der Waals surface area contributed by atoms with Crippen LogP contribution in [0, 0.1) is 0 Å². The summed E-state index contributed by atoms with van der Waals surface area (Å²) in [7, 11) is 0. The lowest BCUT2D eigenvalue weighted by Crippen LogP contribution is -2.27. The number of imidazole rings is 1. The van der Waals surface area contributed by atoms with Gasteiger partial charge in [-0.3, -0.25) is 9.36 Å². The quantitative estimate of drug-likeness (QED) is 0.732. The molecule has 4 rings (SSSR count). The Balaban J connectivity index is 1.66. The lowest BCUT2D eigenvalue weighted by atomic mass is 10.3. The molecule has 1 heterocycles. The predicted molar refractivity (Wildman–Crippen MR) is 93.0 cm³/mol. The van der Waals surface area contributed by atoms with E-state index in [0.717, 1.165) is 34.7 Å². The molecule has 1 N–H and O–H groups in total. The van der Waals surface area contributed by atoms with Gasteiger partial charge in [0.1, 0.15) is 0 Å². The summed E-state index contributed by atoms with van der Waals surface area (Å²) in [6.45, 7) is 0. The van der Waals surface area contributed by atoms with Crippen LogP contribution in [0.5, 0.6) is 0 Å². The van der Waals surface area contributed by atoms with Gasteiger partial charge in [0.2, 0.25) is 5.91 Å². The zero-order valence-electron chi connectivity index (χ0n) is 12.6. The molecule has 0 aliphatic heterocycles. The Hall–Kier alpha value is -2.27. The molecule has 1 saturated carbocycles. The summed E-state index contributed by atoms with van der Waals surface area (Å²) in [5, 5.41) is 3.87. The molecule has 0 saturated heterocycles. The van der Waals surface area contributed by atoms with E-state index in [2.05, 4.69) is 28.1 Å². The number of carbonyl (C=O) groups is 1. The van der Waals surface area contributed by atoms with E-state index in [1.807, 2.05) is 36.4 Å². The first-order valence-electron chi connectivity index (χ1n) is 7.76. The molecule has 1 aromatic heterocycles. The Bertz CT molecular complexity index is 840. The number of nitrogens with zero attached hydrogens (tertiary/aromatic N) is 2. The van der Waals surface area contributed by atoms with Gasteiger partial charge in [-0.2, -0.15) is 0 Å². The molecular formula is C18H17N3OS. The molecule has 0 radical (unpaired) electrons. The highest BCUT2D eigenvalue weighted by Crippen LogP contribution is 2.28. The molecule has 1 aliphatic rings. The third-order valence-corrected chi connectivity index (χ3v) is 4.76. The Morgan fingerprint density at radius 3 is 2.65 bits per heavy atom. The molecular weight excluding hydrogens is 306 g/mol. The fourth-order valence-electron chi connectivity index (χ4n) is 2.55. The van der Waals surface area contributed by atoms with Crippen LogP contribution in [0.1, 0.15) is 12.8 Å². The normalized spacial score (nSPS) is 14.1. The van der Waals surface area contributed by atoms with Gasteiger partial charge in [0.15, 0.2) is 5.16 Å². The minimum Gasteiger partial charge on any atom is -0.353 e. The van der Waals surface area contributed by atoms with Crippen LogP contribution in [0.25, 0.3) is 16.7 Å². The molecule has 3 aromatic rings. The number of para-hydroxylation sites is 3. The van der Waals surface area contributed by atoms with Crippen LogP contribution in [0.2, 0.25) is 0 Å². The summed E-state index contributed by atoms with van der Waals surface area (Å²) in [5.74, 6) is 0.483. The molecule has 0 spiro atoms. The molecule has 4 nitrogen and oxygen atoms in total. The Morgan fingerprint density at radius 2 is 1.87 bits per heavy atom. The summed E-state index contributed by atoms with van der Waals surface area (Å²) in [6.07, 6.45) is 2.22. The van der Waals surface area contributed by atoms with Crippen molar-refractivity contribution in [3.8, 4) is 5.69 Å². The van der Waals surface area contributed by atoms with Crippen molar-refractivity contribution in [2.45, 2.75) is 24.0 Å². The van der Waals surface area contributed by atoms with Gasteiger partial charge < -0.3 is 5.32 Å². The van der Waals surface area contributed by atoms with Gasteiger partial charge in [-0.25, -0.2) is 4.98 Å². The van der Waals surface area contributed by atoms with E-state index in [0.29, 0.717) is 11.8 Å². The molecule has 2 aromatic carbocycles. The van der Waals surface area contributed by atoms with Gasteiger partial charge in [0, 0.05) is 11.7 Å². The molecule has 1 aliphatic carbocycles. The maximum atomic E-state index is 12.0. The fourth-order valence-corrected chi connectivity index (χ4v) is 3.39. The van der Waals surface area contributed by atoms with E-state index in [1.165, 1.54) is 11.8 Å². The molecule has 1 fully saturated rings. The third kappa shape index (κ3) is 3.10. The van der Waals surface area contributed by atoms with Crippen molar-refractivity contribution in [2.24, 2.45) is 0 Å². The summed E-state index contributed by atoms with van der Waals surface area (Å²) >= 11 is 1.49. The lowest BCUT2D eigenvalue weighted by molar-refractivity contribution is -0.118. The number of nitrogens with one attached hydrogen (secondary N) is 1. The van der Waals surface area contributed by atoms with Crippen LogP contribution in [0.3, 0.4) is 0 Å². The van der Waals surface area contributed by atoms with Crippen LogP contribution < -0.4 is 5.32 Å². The van der Waals surface area contributed by atoms with Crippen molar-refractivity contribution in [1.82, 2.24) is 14.9 Å². The van der Waals surface area contributed by atoms with E-state index >= 15 is 0 Å². The molecule has 5 heteroatoms. The topological polar surface area (TPSA) is 46.9 Å². The van der Waals surface area contributed by atoms with Gasteiger partial charge in [-0.15, -0.1) is 0 Å². The minimum atomic E-state index is 0.0872. The minimum absolute atomic E-state index is 0.0872. The van der Waals surface area contributed by atoms with Gasteiger partial charge in [0.25, 0.3) is 0 Å². The number of hydrogen-bond acceptors (Lipinski definition) is 3. The highest BCUT2D eigenvalue weighted by atomic mass is 32.2. The van der Waals surface area contributed by atoms with Crippen molar-refractivity contribution < 1.29 is 4.79 Å². The first kappa shape index (κ1) is 14.3. The summed E-state index contributed by atoms with van der Waals surface area (Å²) in [6, 6.07) is 18.6. The monoisotopic (exact) mass is 323 g/mol. The molecule has 0 unspecified atom stereocenters. The number of thioether (sulfide) groups is 1. The van der Waals surface area contributed by atoms with E-state index in [1.54, 1.807) is 0 Å². The van der Waals surface area contributed by atoms with E-state index < -0.39 is 0 Å². The number of rotatable bonds is 5. The second-order valence-corrected chi connectivity index (χ2v) is 6.63. The average Bonchev–Trinajstić information content (AvgIpc) is 3.31. The molecule has 0 atom stereocenters. The van der Waals surface area contributed by atoms with Crippen LogP contribution in [-0.4, -0.2) is 27.3 Å². The zero-order chi connectivity index (χ0) is 15.6. The first-order valence-corrected chi connectivity index (χ1v) is 8.75. The van der Waals surface area contributed by atoms with Crippen molar-refractivity contribution in [1.29, 1.82) is 0 Å². The SMILES string of the molecule is O=C(CSc1nc2ccccc2n1-c1ccccc1)NC1CC1. The van der Waals surface area contributed by atoms with Gasteiger partial charge in [-0.05, 0) is 37.1 Å². The lowest BCUT2D eigenvalue weighted by Gasteiger charge is -2.09. The molecule has 1 amide bonds. The van der Waals surface area contributed by atoms with E-state index in [-0.39, 0.29) is 5.91 Å². The summed E-state index contributed by atoms with van der Waals surface area (Å²) in [4.78, 5) is 16.7. The number of carbonyl (C=O) groups excluding carboxylic acids is 1. The molecule has 0 bridgehead atoms. The van der Waals surface area contributed by atoms with Gasteiger partial charge in [-0.1, -0.05) is 42.1 Å². The maximum absolute atomic E-state index is 12.0. The van der Waals surface area contributed by atoms with Crippen LogP contribution in [-0.2, 0) is 4.79 Å². The number of fused-ring (bicyclic) bond motifs is 1. The van der Waals surface area contributed by atoms with Crippen molar-refractivity contribution in [2.75, 3.05) is 5.75 Å². The number of hydrogen-bond donors (Lipinski definition) is 1. The maximum Gasteiger partial charge on any atom is 0.230 e. The third-order valence-electron chi connectivity index (χ3n) is 3.82. The number of benzene rings is 2. The largest absolute Gasteiger partial charge is 0.353 e. The second kappa shape index (κ2) is 6.08. The summed E-state index contributed by atoms with van der Waals surface area (Å²) < 4.78 is 2.12. The second-order valence-electron chi connectivity index (χ2n) is 5.68. The number of amides is 1. The first-order chi connectivity index (χ1) is 11.3. The Kier molecular flexibility index (Phi) is 3.79. The molecule has 23 heavy (non-hydrogen) atoms. The van der Waals surface area contributed by atoms with Gasteiger partial charge >= 0.3 is 0 Å². The highest BCUT2D eigenvalue weighted by molar-refractivity contribution is 7.99. The smallest absolute Gasteiger partial charge is 0.230 e. The number of aromatic nitrogens is 2. The van der Waals surface area contributed by atoms with Crippen LogP contribution in [0.4, 0.5) is 0 Å². The van der Waals surface area contributed by atoms with Crippen LogP contribution in [0.15, 0.2) is 59.8 Å². The Labute approximate surface area is 138 Å². The van der Waals surface area contributed by atoms with E-state index in [4.69, 9.17) is 4.98 Å². The average molecular weight is 323 g/mol. The highest BCUT2D eigenvalue weighted by Gasteiger charge is 2.23. The summed E-state index contributed by atoms with van der Waals surface area (Å²) in [5.41, 5.74) is 3.07. The van der Waals surface area contributed by atoms with Crippen molar-refractivity contribution in [3.05, 3.63) is 54.6 Å². The molecule has 116 valence electrons.